The Morgan fingerprint density at radius 3 is 2.75 bits per heavy atom. The number of thiazole rings is 1. The number of allylic oxidation sites excluding steroid dienone is 1. The fourth-order valence-corrected chi connectivity index (χ4v) is 3.59. The molecule has 0 bridgehead atoms. The highest BCUT2D eigenvalue weighted by Gasteiger charge is 2.19. The smallest absolute Gasteiger partial charge is 0.266 e. The van der Waals surface area contributed by atoms with Crippen molar-refractivity contribution in [3.63, 3.8) is 0 Å². The Kier molecular flexibility index (Phi) is 5.75. The van der Waals surface area contributed by atoms with Crippen molar-refractivity contribution in [2.75, 3.05) is 5.75 Å². The Balaban J connectivity index is 2.86. The van der Waals surface area contributed by atoms with Crippen LogP contribution in [0, 0.1) is 5.21 Å². The quantitative estimate of drug-likeness (QED) is 0.349. The van der Waals surface area contributed by atoms with Gasteiger partial charge in [-0.1, -0.05) is 11.3 Å². The van der Waals surface area contributed by atoms with E-state index >= 15 is 0 Å². The van der Waals surface area contributed by atoms with E-state index in [0.717, 1.165) is 11.3 Å². The number of aromatic nitrogens is 1. The van der Waals surface area contributed by atoms with Gasteiger partial charge in [-0.25, -0.2) is 18.1 Å². The normalized spacial score (nSPS) is 12.8. The van der Waals surface area contributed by atoms with Crippen molar-refractivity contribution in [1.29, 1.82) is 0 Å². The zero-order valence-corrected chi connectivity index (χ0v) is 12.5. The molecule has 0 aliphatic carbocycles. The summed E-state index contributed by atoms with van der Waals surface area (Å²) in [7, 11) is -3.70. The van der Waals surface area contributed by atoms with Gasteiger partial charge in [-0.05, 0) is 26.3 Å². The third-order valence-corrected chi connectivity index (χ3v) is 5.37. The second kappa shape index (κ2) is 6.89. The van der Waals surface area contributed by atoms with Crippen molar-refractivity contribution in [3.8, 4) is 0 Å². The molecule has 1 aromatic heterocycles. The second-order valence-electron chi connectivity index (χ2n) is 4.21. The van der Waals surface area contributed by atoms with Crippen LogP contribution in [0.25, 0.3) is 0 Å². The molecule has 20 heavy (non-hydrogen) atoms. The standard InChI is InChI=1S/C11H14F2N2O3S2/c1-8(2)15(16)7-9-6-14-11(19-9)20(17,18)5-3-4-10(12)13/h4,6-8H,3,5H2,1-2H3/b15-7-. The maximum absolute atomic E-state index is 11.8. The highest BCUT2D eigenvalue weighted by atomic mass is 32.2. The first-order chi connectivity index (χ1) is 9.22. The molecule has 0 saturated carbocycles. The molecule has 5 nitrogen and oxygen atoms in total. The van der Waals surface area contributed by atoms with E-state index in [-0.39, 0.29) is 16.8 Å². The van der Waals surface area contributed by atoms with E-state index < -0.39 is 21.7 Å². The number of hydrogen-bond acceptors (Lipinski definition) is 5. The number of sulfone groups is 1. The number of halogens is 2. The molecule has 1 heterocycles. The van der Waals surface area contributed by atoms with Gasteiger partial charge in [-0.2, -0.15) is 8.78 Å². The molecule has 9 heteroatoms. The minimum Gasteiger partial charge on any atom is -0.624 e. The maximum Gasteiger partial charge on any atom is 0.266 e. The number of rotatable bonds is 6. The van der Waals surface area contributed by atoms with E-state index in [2.05, 4.69) is 4.98 Å². The van der Waals surface area contributed by atoms with Crippen molar-refractivity contribution in [1.82, 2.24) is 4.98 Å². The van der Waals surface area contributed by atoms with Gasteiger partial charge >= 0.3 is 0 Å². The molecule has 0 radical (unpaired) electrons. The summed E-state index contributed by atoms with van der Waals surface area (Å²) < 4.78 is 47.8. The molecule has 0 fully saturated rings. The van der Waals surface area contributed by atoms with Crippen LogP contribution in [0.5, 0.6) is 0 Å². The minimum atomic E-state index is -3.70. The summed E-state index contributed by atoms with van der Waals surface area (Å²) in [6.07, 6.45) is 0.894. The topological polar surface area (TPSA) is 73.1 Å². The first-order valence-electron chi connectivity index (χ1n) is 5.72. The van der Waals surface area contributed by atoms with Crippen LogP contribution in [0.3, 0.4) is 0 Å². The van der Waals surface area contributed by atoms with E-state index in [4.69, 9.17) is 0 Å². The van der Waals surface area contributed by atoms with Crippen molar-refractivity contribution < 1.29 is 21.9 Å². The number of nitrogens with zero attached hydrogens (tertiary/aromatic N) is 2. The van der Waals surface area contributed by atoms with Gasteiger partial charge in [0.05, 0.1) is 11.9 Å². The van der Waals surface area contributed by atoms with Crippen molar-refractivity contribution in [2.24, 2.45) is 0 Å². The van der Waals surface area contributed by atoms with Gasteiger partial charge in [0, 0.05) is 0 Å². The maximum atomic E-state index is 11.8. The third kappa shape index (κ3) is 4.97. The van der Waals surface area contributed by atoms with E-state index in [1.165, 1.54) is 12.4 Å². The molecule has 0 saturated heterocycles. The summed E-state index contributed by atoms with van der Waals surface area (Å²) >= 11 is 0.840. The second-order valence-corrected chi connectivity index (χ2v) is 7.56. The van der Waals surface area contributed by atoms with Gasteiger partial charge in [0.1, 0.15) is 4.88 Å². The molecule has 1 aromatic rings. The summed E-state index contributed by atoms with van der Waals surface area (Å²) in [6.45, 7) is 3.39. The molecule has 0 unspecified atom stereocenters. The van der Waals surface area contributed by atoms with E-state index in [1.807, 2.05) is 0 Å². The summed E-state index contributed by atoms with van der Waals surface area (Å²) in [4.78, 5) is 4.13. The first-order valence-corrected chi connectivity index (χ1v) is 8.19. The predicted octanol–water partition coefficient (Wildman–Crippen LogP) is 2.42. The lowest BCUT2D eigenvalue weighted by Crippen LogP contribution is -2.14. The van der Waals surface area contributed by atoms with Gasteiger partial charge in [-0.3, -0.25) is 0 Å². The zero-order chi connectivity index (χ0) is 15.3. The van der Waals surface area contributed by atoms with Crippen LogP contribution in [0.4, 0.5) is 8.78 Å². The first kappa shape index (κ1) is 16.7. The van der Waals surface area contributed by atoms with Gasteiger partial charge in [-0.15, -0.1) is 0 Å². The SMILES string of the molecule is CC(C)/[N+]([O-])=C/c1cnc(S(=O)(=O)CCC=C(F)F)s1. The fraction of sp³-hybridized carbons (Fsp3) is 0.455. The fourth-order valence-electron chi connectivity index (χ4n) is 1.16. The van der Waals surface area contributed by atoms with Gasteiger partial charge < -0.3 is 5.21 Å². The third-order valence-electron chi connectivity index (χ3n) is 2.22. The molecule has 0 aliphatic heterocycles. The summed E-state index contributed by atoms with van der Waals surface area (Å²) in [5, 5.41) is 11.4. The minimum absolute atomic E-state index is 0.173. The van der Waals surface area contributed by atoms with Crippen LogP contribution in [-0.4, -0.2) is 36.1 Å². The lowest BCUT2D eigenvalue weighted by Gasteiger charge is -2.05. The highest BCUT2D eigenvalue weighted by molar-refractivity contribution is 7.93. The average molecular weight is 324 g/mol. The lowest BCUT2D eigenvalue weighted by atomic mass is 10.4. The largest absolute Gasteiger partial charge is 0.624 e. The van der Waals surface area contributed by atoms with Crippen LogP contribution >= 0.6 is 11.3 Å². The van der Waals surface area contributed by atoms with E-state index in [9.17, 15) is 22.4 Å². The highest BCUT2D eigenvalue weighted by Crippen LogP contribution is 2.19. The Bertz CT molecular complexity index is 617. The molecule has 0 atom stereocenters. The van der Waals surface area contributed by atoms with Crippen LogP contribution in [0.15, 0.2) is 22.7 Å². The van der Waals surface area contributed by atoms with Crippen LogP contribution in [0.2, 0.25) is 0 Å². The summed E-state index contributed by atoms with van der Waals surface area (Å²) in [6, 6.07) is -0.269. The van der Waals surface area contributed by atoms with Gasteiger partial charge in [0.2, 0.25) is 14.2 Å². The van der Waals surface area contributed by atoms with Crippen LogP contribution < -0.4 is 0 Å². The Morgan fingerprint density at radius 1 is 1.55 bits per heavy atom. The zero-order valence-electron chi connectivity index (χ0n) is 10.9. The summed E-state index contributed by atoms with van der Waals surface area (Å²) in [5.74, 6) is -0.442. The van der Waals surface area contributed by atoms with Crippen molar-refractivity contribution in [2.45, 2.75) is 30.6 Å². The number of hydroxylamine groups is 1. The molecule has 0 aliphatic rings. The molecule has 0 amide bonds. The molecular formula is C11H14F2N2O3S2. The van der Waals surface area contributed by atoms with Crippen LogP contribution in [0.1, 0.15) is 25.1 Å². The van der Waals surface area contributed by atoms with Crippen LogP contribution in [-0.2, 0) is 9.84 Å². The van der Waals surface area contributed by atoms with E-state index in [1.54, 1.807) is 13.8 Å². The number of hydrogen-bond donors (Lipinski definition) is 0. The van der Waals surface area contributed by atoms with E-state index in [0.29, 0.717) is 15.7 Å². The summed E-state index contributed by atoms with van der Waals surface area (Å²) in [5.41, 5.74) is 0. The molecule has 0 aromatic carbocycles. The van der Waals surface area contributed by atoms with Gasteiger partial charge in [0.15, 0.2) is 12.3 Å². The monoisotopic (exact) mass is 324 g/mol. The predicted molar refractivity (Wildman–Crippen MR) is 73.0 cm³/mol. The van der Waals surface area contributed by atoms with Gasteiger partial charge in [0.25, 0.3) is 6.08 Å². The molecule has 0 N–H and O–H groups in total. The lowest BCUT2D eigenvalue weighted by molar-refractivity contribution is -0.486. The molecule has 1 rings (SSSR count). The Hall–Kier alpha value is -1.35. The molecule has 112 valence electrons. The molecular weight excluding hydrogens is 310 g/mol. The molecule has 0 spiro atoms. The van der Waals surface area contributed by atoms with Crippen molar-refractivity contribution in [3.05, 3.63) is 28.4 Å². The Morgan fingerprint density at radius 2 is 2.20 bits per heavy atom. The average Bonchev–Trinajstić information content (AvgIpc) is 2.77. The van der Waals surface area contributed by atoms with Crippen molar-refractivity contribution >= 4 is 27.4 Å². The Labute approximate surface area is 119 Å².